The van der Waals surface area contributed by atoms with Crippen molar-refractivity contribution in [3.63, 3.8) is 0 Å². The minimum absolute atomic E-state index is 0.183. The monoisotopic (exact) mass is 389 g/mol. The van der Waals surface area contributed by atoms with Gasteiger partial charge in [-0.1, -0.05) is 13.3 Å². The van der Waals surface area contributed by atoms with Gasteiger partial charge in [0.25, 0.3) is 5.91 Å². The van der Waals surface area contributed by atoms with E-state index in [0.717, 1.165) is 17.7 Å². The van der Waals surface area contributed by atoms with Gasteiger partial charge >= 0.3 is 11.9 Å². The van der Waals surface area contributed by atoms with Crippen molar-refractivity contribution in [1.29, 1.82) is 0 Å². The molecule has 7 heteroatoms. The molecule has 0 spiro atoms. The first-order valence-electron chi connectivity index (χ1n) is 8.87. The molecular formula is C20H23NO5S. The van der Waals surface area contributed by atoms with Gasteiger partial charge in [-0.2, -0.15) is 0 Å². The van der Waals surface area contributed by atoms with Crippen molar-refractivity contribution in [2.75, 3.05) is 18.5 Å². The fourth-order valence-corrected chi connectivity index (χ4v) is 3.42. The van der Waals surface area contributed by atoms with Crippen LogP contribution < -0.4 is 5.32 Å². The topological polar surface area (TPSA) is 81.7 Å². The van der Waals surface area contributed by atoms with E-state index in [-0.39, 0.29) is 35.9 Å². The van der Waals surface area contributed by atoms with E-state index in [4.69, 9.17) is 9.47 Å². The summed E-state index contributed by atoms with van der Waals surface area (Å²) in [5, 5.41) is 4.50. The van der Waals surface area contributed by atoms with Crippen molar-refractivity contribution in [2.24, 2.45) is 0 Å². The molecule has 0 saturated heterocycles. The Bertz CT molecular complexity index is 828. The summed E-state index contributed by atoms with van der Waals surface area (Å²) in [5.74, 6) is -1.44. The molecule has 0 aliphatic carbocycles. The molecule has 0 radical (unpaired) electrons. The molecule has 0 aliphatic rings. The van der Waals surface area contributed by atoms with E-state index in [1.807, 2.05) is 6.07 Å². The van der Waals surface area contributed by atoms with E-state index >= 15 is 0 Å². The Kier molecular flexibility index (Phi) is 7.55. The Morgan fingerprint density at radius 3 is 2.33 bits per heavy atom. The van der Waals surface area contributed by atoms with Crippen molar-refractivity contribution < 1.29 is 23.9 Å². The van der Waals surface area contributed by atoms with Gasteiger partial charge in [0, 0.05) is 10.3 Å². The van der Waals surface area contributed by atoms with Crippen LogP contribution in [0.4, 0.5) is 5.69 Å². The number of ether oxygens (including phenoxy) is 2. The quantitative estimate of drug-likeness (QED) is 0.681. The molecule has 0 saturated carbocycles. The van der Waals surface area contributed by atoms with Gasteiger partial charge in [0.15, 0.2) is 0 Å². The van der Waals surface area contributed by atoms with Crippen LogP contribution >= 0.6 is 11.3 Å². The van der Waals surface area contributed by atoms with E-state index in [2.05, 4.69) is 12.2 Å². The van der Waals surface area contributed by atoms with E-state index in [1.54, 1.807) is 19.2 Å². The van der Waals surface area contributed by atoms with Crippen LogP contribution in [0.25, 0.3) is 0 Å². The molecule has 1 heterocycles. The van der Waals surface area contributed by atoms with E-state index in [9.17, 15) is 14.4 Å². The fraction of sp³-hybridized carbons (Fsp3) is 0.350. The van der Waals surface area contributed by atoms with Crippen molar-refractivity contribution in [3.8, 4) is 0 Å². The third-order valence-electron chi connectivity index (χ3n) is 3.69. The molecule has 1 amide bonds. The van der Waals surface area contributed by atoms with Crippen LogP contribution in [0.15, 0.2) is 29.6 Å². The van der Waals surface area contributed by atoms with Crippen LogP contribution in [0.2, 0.25) is 0 Å². The molecule has 0 unspecified atom stereocenters. The van der Waals surface area contributed by atoms with Gasteiger partial charge in [-0.05, 0) is 44.5 Å². The Morgan fingerprint density at radius 2 is 1.67 bits per heavy atom. The molecule has 1 N–H and O–H groups in total. The number of hydrogen-bond donors (Lipinski definition) is 1. The smallest absolute Gasteiger partial charge is 0.340 e. The van der Waals surface area contributed by atoms with Gasteiger partial charge in [-0.15, -0.1) is 11.3 Å². The number of thiophene rings is 1. The standard InChI is InChI=1S/C20H23NO5S/c1-4-7-15-10-14(12-27-15)18(22)21-17-11-13(19(23)25-5-2)8-9-16(17)20(24)26-6-3/h8-12H,4-7H2,1-3H3,(H,21,22). The molecule has 27 heavy (non-hydrogen) atoms. The second-order valence-electron chi connectivity index (χ2n) is 5.71. The maximum Gasteiger partial charge on any atom is 0.340 e. The van der Waals surface area contributed by atoms with Crippen LogP contribution in [-0.4, -0.2) is 31.1 Å². The summed E-state index contributed by atoms with van der Waals surface area (Å²) in [5.41, 5.74) is 1.16. The lowest BCUT2D eigenvalue weighted by molar-refractivity contribution is 0.0512. The highest BCUT2D eigenvalue weighted by atomic mass is 32.1. The molecule has 1 aromatic carbocycles. The van der Waals surface area contributed by atoms with Crippen molar-refractivity contribution in [1.82, 2.24) is 0 Å². The molecule has 0 bridgehead atoms. The first-order chi connectivity index (χ1) is 13.0. The predicted molar refractivity (Wildman–Crippen MR) is 105 cm³/mol. The van der Waals surface area contributed by atoms with Crippen molar-refractivity contribution in [3.05, 3.63) is 51.2 Å². The average molecular weight is 389 g/mol. The third kappa shape index (κ3) is 5.40. The zero-order chi connectivity index (χ0) is 19.8. The minimum atomic E-state index is -0.569. The van der Waals surface area contributed by atoms with Crippen LogP contribution in [0.3, 0.4) is 0 Å². The summed E-state index contributed by atoms with van der Waals surface area (Å²) >= 11 is 1.52. The summed E-state index contributed by atoms with van der Waals surface area (Å²) in [7, 11) is 0. The lowest BCUT2D eigenvalue weighted by Crippen LogP contribution is -2.16. The minimum Gasteiger partial charge on any atom is -0.462 e. The lowest BCUT2D eigenvalue weighted by Gasteiger charge is -2.12. The van der Waals surface area contributed by atoms with Gasteiger partial charge < -0.3 is 14.8 Å². The number of aryl methyl sites for hydroxylation is 1. The SMILES string of the molecule is CCCc1cc(C(=O)Nc2cc(C(=O)OCC)ccc2C(=O)OCC)cs1. The average Bonchev–Trinajstić information content (AvgIpc) is 3.11. The Hall–Kier alpha value is -2.67. The van der Waals surface area contributed by atoms with Gasteiger partial charge in [-0.25, -0.2) is 9.59 Å². The van der Waals surface area contributed by atoms with Crippen LogP contribution in [-0.2, 0) is 15.9 Å². The molecule has 2 aromatic rings. The molecule has 144 valence electrons. The number of anilines is 1. The molecule has 0 aliphatic heterocycles. The highest BCUT2D eigenvalue weighted by molar-refractivity contribution is 7.10. The second-order valence-corrected chi connectivity index (χ2v) is 6.70. The number of esters is 2. The highest BCUT2D eigenvalue weighted by Crippen LogP contribution is 2.23. The zero-order valence-electron chi connectivity index (χ0n) is 15.7. The Labute approximate surface area is 162 Å². The number of nitrogens with one attached hydrogen (secondary N) is 1. The first kappa shape index (κ1) is 20.6. The summed E-state index contributed by atoms with van der Waals surface area (Å²) in [6.45, 7) is 5.92. The van der Waals surface area contributed by atoms with Gasteiger partial charge in [0.1, 0.15) is 0 Å². The maximum absolute atomic E-state index is 12.6. The summed E-state index contributed by atoms with van der Waals surface area (Å²) in [4.78, 5) is 37.9. The second kappa shape index (κ2) is 9.87. The highest BCUT2D eigenvalue weighted by Gasteiger charge is 2.19. The molecule has 6 nitrogen and oxygen atoms in total. The lowest BCUT2D eigenvalue weighted by atomic mass is 10.1. The molecule has 2 rings (SSSR count). The predicted octanol–water partition coefficient (Wildman–Crippen LogP) is 4.31. The number of rotatable bonds is 8. The Morgan fingerprint density at radius 1 is 0.963 bits per heavy atom. The summed E-state index contributed by atoms with van der Waals surface area (Å²) in [6, 6.07) is 6.20. The normalized spacial score (nSPS) is 10.3. The van der Waals surface area contributed by atoms with Crippen LogP contribution in [0, 0.1) is 0 Å². The van der Waals surface area contributed by atoms with Gasteiger partial charge in [0.05, 0.1) is 35.6 Å². The third-order valence-corrected chi connectivity index (χ3v) is 4.68. The summed E-state index contributed by atoms with van der Waals surface area (Å²) < 4.78 is 10.0. The largest absolute Gasteiger partial charge is 0.462 e. The Balaban J connectivity index is 2.31. The number of carbonyl (C=O) groups is 3. The maximum atomic E-state index is 12.6. The molecular weight excluding hydrogens is 366 g/mol. The van der Waals surface area contributed by atoms with Crippen LogP contribution in [0.5, 0.6) is 0 Å². The number of hydrogen-bond acceptors (Lipinski definition) is 6. The fourth-order valence-electron chi connectivity index (χ4n) is 2.45. The van der Waals surface area contributed by atoms with E-state index < -0.39 is 11.9 Å². The first-order valence-corrected chi connectivity index (χ1v) is 9.75. The van der Waals surface area contributed by atoms with Gasteiger partial charge in [-0.3, -0.25) is 4.79 Å². The number of carbonyl (C=O) groups excluding carboxylic acids is 3. The summed E-state index contributed by atoms with van der Waals surface area (Å²) in [6.07, 6.45) is 1.90. The molecule has 1 aromatic heterocycles. The molecule has 0 atom stereocenters. The van der Waals surface area contributed by atoms with Gasteiger partial charge in [0.2, 0.25) is 0 Å². The number of benzene rings is 1. The number of amides is 1. The van der Waals surface area contributed by atoms with E-state index in [0.29, 0.717) is 5.56 Å². The van der Waals surface area contributed by atoms with Crippen molar-refractivity contribution >= 4 is 34.9 Å². The molecule has 0 fully saturated rings. The van der Waals surface area contributed by atoms with Crippen LogP contribution in [0.1, 0.15) is 63.1 Å². The zero-order valence-corrected chi connectivity index (χ0v) is 16.5. The van der Waals surface area contributed by atoms with E-state index in [1.165, 1.54) is 29.5 Å². The van der Waals surface area contributed by atoms with Crippen molar-refractivity contribution in [2.45, 2.75) is 33.6 Å².